The molecule has 0 unspecified atom stereocenters. The number of carbonyl (C=O) groups excluding carboxylic acids is 1. The van der Waals surface area contributed by atoms with Gasteiger partial charge in [0.15, 0.2) is 0 Å². The molecule has 1 heterocycles. The summed E-state index contributed by atoms with van der Waals surface area (Å²) in [4.78, 5) is 37.9. The highest BCUT2D eigenvalue weighted by atomic mass is 19.1. The van der Waals surface area contributed by atoms with Crippen LogP contribution in [0.5, 0.6) is 0 Å². The van der Waals surface area contributed by atoms with E-state index in [0.29, 0.717) is 17.0 Å². The minimum atomic E-state index is -0.807. The Balaban J connectivity index is 1.80. The first-order valence-electron chi connectivity index (χ1n) is 7.42. The fourth-order valence-corrected chi connectivity index (χ4v) is 2.53. The first kappa shape index (κ1) is 16.6. The molecule has 0 aliphatic carbocycles. The lowest BCUT2D eigenvalue weighted by Crippen LogP contribution is -2.31. The van der Waals surface area contributed by atoms with Gasteiger partial charge in [-0.25, -0.2) is 13.6 Å². The van der Waals surface area contributed by atoms with Crippen LogP contribution in [0.1, 0.15) is 6.42 Å². The van der Waals surface area contributed by atoms with E-state index in [0.717, 1.165) is 12.1 Å². The second-order valence-corrected chi connectivity index (χ2v) is 5.38. The lowest BCUT2D eigenvalue weighted by molar-refractivity contribution is -0.116. The molecule has 0 bridgehead atoms. The molecule has 25 heavy (non-hydrogen) atoms. The summed E-state index contributed by atoms with van der Waals surface area (Å²) in [6.07, 6.45) is -0.117. The number of aryl methyl sites for hydroxylation is 1. The highest BCUT2D eigenvalue weighted by Crippen LogP contribution is 2.13. The van der Waals surface area contributed by atoms with Crippen LogP contribution >= 0.6 is 0 Å². The Morgan fingerprint density at radius 1 is 1.08 bits per heavy atom. The summed E-state index contributed by atoms with van der Waals surface area (Å²) in [6.45, 7) is -0.000240. The minimum absolute atomic E-state index is 0.000240. The zero-order chi connectivity index (χ0) is 18.0. The molecule has 3 aromatic rings. The van der Waals surface area contributed by atoms with E-state index in [9.17, 15) is 23.2 Å². The number of hydrogen-bond acceptors (Lipinski definition) is 3. The van der Waals surface area contributed by atoms with E-state index < -0.39 is 28.8 Å². The van der Waals surface area contributed by atoms with Gasteiger partial charge in [-0.1, -0.05) is 12.1 Å². The third-order valence-corrected chi connectivity index (χ3v) is 3.61. The predicted octanol–water partition coefficient (Wildman–Crippen LogP) is 2.00. The Hall–Kier alpha value is -3.29. The number of fused-ring (bicyclic) bond motifs is 1. The average molecular weight is 345 g/mol. The van der Waals surface area contributed by atoms with Crippen LogP contribution in [0.15, 0.2) is 52.1 Å². The number of amides is 1. The zero-order valence-corrected chi connectivity index (χ0v) is 12.9. The van der Waals surface area contributed by atoms with Gasteiger partial charge in [0, 0.05) is 24.7 Å². The first-order chi connectivity index (χ1) is 11.9. The summed E-state index contributed by atoms with van der Waals surface area (Å²) >= 11 is 0. The van der Waals surface area contributed by atoms with E-state index in [1.165, 1.54) is 4.57 Å². The van der Waals surface area contributed by atoms with Crippen LogP contribution in [0.25, 0.3) is 10.9 Å². The van der Waals surface area contributed by atoms with Crippen LogP contribution in [0.3, 0.4) is 0 Å². The molecule has 1 aromatic heterocycles. The number of H-pyrrole nitrogens is 1. The van der Waals surface area contributed by atoms with Crippen molar-refractivity contribution in [1.29, 1.82) is 0 Å². The van der Waals surface area contributed by atoms with Crippen molar-refractivity contribution in [3.05, 3.63) is 74.9 Å². The van der Waals surface area contributed by atoms with Crippen LogP contribution in [0.4, 0.5) is 14.5 Å². The molecule has 2 N–H and O–H groups in total. The van der Waals surface area contributed by atoms with E-state index >= 15 is 0 Å². The van der Waals surface area contributed by atoms with Crippen molar-refractivity contribution in [2.75, 3.05) is 5.32 Å². The molecule has 2 aromatic carbocycles. The smallest absolute Gasteiger partial charge is 0.326 e. The number of benzene rings is 2. The molecular weight excluding hydrogens is 332 g/mol. The number of hydrogen-bond donors (Lipinski definition) is 2. The van der Waals surface area contributed by atoms with E-state index in [2.05, 4.69) is 10.3 Å². The van der Waals surface area contributed by atoms with E-state index in [-0.39, 0.29) is 18.7 Å². The predicted molar refractivity (Wildman–Crippen MR) is 88.4 cm³/mol. The maximum Gasteiger partial charge on any atom is 0.328 e. The third-order valence-electron chi connectivity index (χ3n) is 3.61. The third kappa shape index (κ3) is 3.63. The van der Waals surface area contributed by atoms with Crippen molar-refractivity contribution in [1.82, 2.24) is 9.55 Å². The van der Waals surface area contributed by atoms with E-state index in [1.807, 2.05) is 0 Å². The monoisotopic (exact) mass is 345 g/mol. The molecule has 3 rings (SSSR count). The molecule has 8 heteroatoms. The van der Waals surface area contributed by atoms with Gasteiger partial charge < -0.3 is 5.32 Å². The van der Waals surface area contributed by atoms with Gasteiger partial charge in [-0.2, -0.15) is 0 Å². The minimum Gasteiger partial charge on any atom is -0.326 e. The van der Waals surface area contributed by atoms with Gasteiger partial charge >= 0.3 is 5.69 Å². The molecule has 0 aliphatic rings. The Morgan fingerprint density at radius 2 is 1.76 bits per heavy atom. The Morgan fingerprint density at radius 3 is 2.48 bits per heavy atom. The summed E-state index contributed by atoms with van der Waals surface area (Å²) in [6, 6.07) is 9.18. The van der Waals surface area contributed by atoms with Crippen molar-refractivity contribution < 1.29 is 13.6 Å². The van der Waals surface area contributed by atoms with Crippen LogP contribution in [0, 0.1) is 11.6 Å². The van der Waals surface area contributed by atoms with Crippen LogP contribution in [-0.2, 0) is 11.3 Å². The Labute approximate surface area is 139 Å². The fraction of sp³-hybridized carbons (Fsp3) is 0.118. The van der Waals surface area contributed by atoms with Crippen LogP contribution in [-0.4, -0.2) is 15.5 Å². The van der Waals surface area contributed by atoms with Gasteiger partial charge in [0.25, 0.3) is 5.56 Å². The quantitative estimate of drug-likeness (QED) is 0.758. The largest absolute Gasteiger partial charge is 0.328 e. The maximum absolute atomic E-state index is 13.1. The van der Waals surface area contributed by atoms with Crippen molar-refractivity contribution in [2.24, 2.45) is 0 Å². The molecule has 128 valence electrons. The summed E-state index contributed by atoms with van der Waals surface area (Å²) in [5.41, 5.74) is -0.744. The number of nitrogens with zero attached hydrogens (tertiary/aromatic N) is 1. The number of anilines is 1. The van der Waals surface area contributed by atoms with Gasteiger partial charge in [-0.05, 0) is 24.3 Å². The molecule has 0 saturated heterocycles. The number of aromatic nitrogens is 2. The van der Waals surface area contributed by atoms with Gasteiger partial charge in [0.05, 0.1) is 10.9 Å². The molecule has 0 saturated carbocycles. The molecule has 0 aliphatic heterocycles. The molecule has 6 nitrogen and oxygen atoms in total. The second kappa shape index (κ2) is 6.68. The summed E-state index contributed by atoms with van der Waals surface area (Å²) in [5.74, 6) is -2.14. The Bertz CT molecular complexity index is 1050. The molecule has 1 amide bonds. The van der Waals surface area contributed by atoms with Gasteiger partial charge in [-0.15, -0.1) is 0 Å². The zero-order valence-electron chi connectivity index (χ0n) is 12.9. The van der Waals surface area contributed by atoms with E-state index in [4.69, 9.17) is 0 Å². The van der Waals surface area contributed by atoms with Crippen molar-refractivity contribution in [2.45, 2.75) is 13.0 Å². The maximum atomic E-state index is 13.1. The molecule has 0 fully saturated rings. The normalized spacial score (nSPS) is 10.8. The number of nitrogens with one attached hydrogen (secondary N) is 2. The highest BCUT2D eigenvalue weighted by molar-refractivity contribution is 5.90. The average Bonchev–Trinajstić information content (AvgIpc) is 2.53. The highest BCUT2D eigenvalue weighted by Gasteiger charge is 2.10. The SMILES string of the molecule is O=C(CCn1c(=O)[nH]c(=O)c2ccccc21)Nc1cc(F)cc(F)c1. The molecule has 0 radical (unpaired) electrons. The lowest BCUT2D eigenvalue weighted by Gasteiger charge is -2.10. The summed E-state index contributed by atoms with van der Waals surface area (Å²) in [7, 11) is 0. The van der Waals surface area contributed by atoms with Crippen molar-refractivity contribution >= 4 is 22.5 Å². The number of rotatable bonds is 4. The topological polar surface area (TPSA) is 84.0 Å². The van der Waals surface area contributed by atoms with Gasteiger partial charge in [0.1, 0.15) is 11.6 Å². The van der Waals surface area contributed by atoms with Crippen LogP contribution in [0.2, 0.25) is 0 Å². The van der Waals surface area contributed by atoms with Crippen molar-refractivity contribution in [3.63, 3.8) is 0 Å². The first-order valence-corrected chi connectivity index (χ1v) is 7.42. The standard InChI is InChI=1S/C17H13F2N3O3/c18-10-7-11(19)9-12(8-10)20-15(23)5-6-22-14-4-2-1-3-13(14)16(24)21-17(22)25/h1-4,7-9H,5-6H2,(H,20,23)(H,21,24,25). The number of carbonyl (C=O) groups is 1. The number of para-hydroxylation sites is 1. The Kier molecular flexibility index (Phi) is 4.42. The molecule has 0 spiro atoms. The van der Waals surface area contributed by atoms with E-state index in [1.54, 1.807) is 24.3 Å². The fourth-order valence-electron chi connectivity index (χ4n) is 2.53. The summed E-state index contributed by atoms with van der Waals surface area (Å²) in [5, 5.41) is 2.69. The molecule has 0 atom stereocenters. The number of halogens is 2. The van der Waals surface area contributed by atoms with Gasteiger partial charge in [0.2, 0.25) is 5.91 Å². The van der Waals surface area contributed by atoms with Gasteiger partial charge in [-0.3, -0.25) is 19.1 Å². The van der Waals surface area contributed by atoms with Crippen molar-refractivity contribution in [3.8, 4) is 0 Å². The number of aromatic amines is 1. The second-order valence-electron chi connectivity index (χ2n) is 5.38. The summed E-state index contributed by atoms with van der Waals surface area (Å²) < 4.78 is 27.5. The molecular formula is C17H13F2N3O3. The lowest BCUT2D eigenvalue weighted by atomic mass is 10.2. The van der Waals surface area contributed by atoms with Crippen LogP contribution < -0.4 is 16.6 Å².